The van der Waals surface area contributed by atoms with E-state index >= 15 is 0 Å². The smallest absolute Gasteiger partial charge is 0.256 e. The number of carbonyl (C=O) groups excluding carboxylic acids is 1. The maximum atomic E-state index is 13.2. The molecule has 0 bridgehead atoms. The average Bonchev–Trinajstić information content (AvgIpc) is 3.33. The van der Waals surface area contributed by atoms with Crippen LogP contribution in [0, 0.1) is 0 Å². The number of para-hydroxylation sites is 1. The van der Waals surface area contributed by atoms with Crippen LogP contribution in [-0.2, 0) is 14.8 Å². The number of carbonyl (C=O) groups is 1. The van der Waals surface area contributed by atoms with Crippen LogP contribution in [0.3, 0.4) is 0 Å². The summed E-state index contributed by atoms with van der Waals surface area (Å²) in [5.41, 5.74) is 1.51. The lowest BCUT2D eigenvalue weighted by atomic mass is 10.1. The van der Waals surface area contributed by atoms with Gasteiger partial charge in [-0.2, -0.15) is 0 Å². The van der Waals surface area contributed by atoms with Crippen LogP contribution in [0.5, 0.6) is 0 Å². The van der Waals surface area contributed by atoms with Gasteiger partial charge in [0.15, 0.2) is 0 Å². The number of benzene rings is 1. The van der Waals surface area contributed by atoms with Gasteiger partial charge < -0.3 is 9.80 Å². The minimum Gasteiger partial charge on any atom is -0.330 e. The third-order valence-corrected chi connectivity index (χ3v) is 7.48. The SMILES string of the molecule is O=C(C1=CN2CCS(=O)(=O)N=C2C=C1)N1CCC[C@H]1c1nc2ccccc2s1. The van der Waals surface area contributed by atoms with E-state index in [4.69, 9.17) is 4.98 Å². The van der Waals surface area contributed by atoms with Gasteiger partial charge in [0.25, 0.3) is 15.9 Å². The molecule has 3 aliphatic heterocycles. The Hall–Kier alpha value is -2.52. The first-order valence-electron chi connectivity index (χ1n) is 9.16. The molecule has 3 aliphatic rings. The summed E-state index contributed by atoms with van der Waals surface area (Å²) in [5, 5.41) is 0.971. The molecule has 9 heteroatoms. The van der Waals surface area contributed by atoms with Crippen molar-refractivity contribution in [3.05, 3.63) is 53.2 Å². The molecule has 0 aliphatic carbocycles. The summed E-state index contributed by atoms with van der Waals surface area (Å²) >= 11 is 1.64. The second-order valence-corrected chi connectivity index (χ2v) is 9.84. The van der Waals surface area contributed by atoms with Crippen molar-refractivity contribution in [2.45, 2.75) is 18.9 Å². The average molecular weight is 415 g/mol. The van der Waals surface area contributed by atoms with Gasteiger partial charge in [-0.25, -0.2) is 13.4 Å². The molecule has 2 aromatic rings. The van der Waals surface area contributed by atoms with Gasteiger partial charge in [-0.3, -0.25) is 4.79 Å². The Bertz CT molecular complexity index is 1130. The number of hydrogen-bond donors (Lipinski definition) is 0. The van der Waals surface area contributed by atoms with Gasteiger partial charge in [0.05, 0.1) is 27.6 Å². The maximum absolute atomic E-state index is 13.2. The molecule has 4 heterocycles. The number of nitrogens with zero attached hydrogens (tertiary/aromatic N) is 4. The van der Waals surface area contributed by atoms with Gasteiger partial charge >= 0.3 is 0 Å². The van der Waals surface area contributed by atoms with Crippen LogP contribution < -0.4 is 0 Å². The minimum absolute atomic E-state index is 0.0176. The highest BCUT2D eigenvalue weighted by Gasteiger charge is 2.34. The van der Waals surface area contributed by atoms with E-state index in [2.05, 4.69) is 10.5 Å². The molecule has 0 N–H and O–H groups in total. The Labute approximate surface area is 166 Å². The second-order valence-electron chi connectivity index (χ2n) is 7.02. The number of sulfonamides is 1. The summed E-state index contributed by atoms with van der Waals surface area (Å²) in [4.78, 5) is 21.6. The van der Waals surface area contributed by atoms with E-state index in [9.17, 15) is 13.2 Å². The van der Waals surface area contributed by atoms with Crippen LogP contribution in [-0.4, -0.2) is 53.8 Å². The first-order chi connectivity index (χ1) is 13.5. The van der Waals surface area contributed by atoms with Crippen LogP contribution in [0.2, 0.25) is 0 Å². The normalized spacial score (nSPS) is 23.5. The fourth-order valence-electron chi connectivity index (χ4n) is 3.79. The highest BCUT2D eigenvalue weighted by atomic mass is 32.2. The molecule has 0 saturated carbocycles. The minimum atomic E-state index is -3.40. The molecule has 1 atom stereocenters. The summed E-state index contributed by atoms with van der Waals surface area (Å²) in [7, 11) is -3.40. The fraction of sp³-hybridized carbons (Fsp3) is 0.316. The Morgan fingerprint density at radius 3 is 2.89 bits per heavy atom. The van der Waals surface area contributed by atoms with E-state index in [-0.39, 0.29) is 17.7 Å². The van der Waals surface area contributed by atoms with Crippen LogP contribution >= 0.6 is 11.3 Å². The lowest BCUT2D eigenvalue weighted by Gasteiger charge is -2.29. The number of fused-ring (bicyclic) bond motifs is 2. The molecule has 144 valence electrons. The summed E-state index contributed by atoms with van der Waals surface area (Å²) in [6, 6.07) is 8.00. The molecule has 7 nitrogen and oxygen atoms in total. The first kappa shape index (κ1) is 17.6. The molecule has 0 spiro atoms. The summed E-state index contributed by atoms with van der Waals surface area (Å²) in [6.45, 7) is 1.00. The molecular weight excluding hydrogens is 396 g/mol. The molecule has 0 unspecified atom stereocenters. The summed E-state index contributed by atoms with van der Waals surface area (Å²) in [6.07, 6.45) is 6.82. The molecular formula is C19H18N4O3S2. The van der Waals surface area contributed by atoms with E-state index in [0.29, 0.717) is 24.5 Å². The van der Waals surface area contributed by atoms with Crippen molar-refractivity contribution in [3.8, 4) is 0 Å². The predicted octanol–water partition coefficient (Wildman–Crippen LogP) is 2.46. The van der Waals surface area contributed by atoms with Crippen LogP contribution in [0.4, 0.5) is 0 Å². The molecule has 1 aromatic carbocycles. The van der Waals surface area contributed by atoms with Crippen LogP contribution in [0.25, 0.3) is 10.2 Å². The number of hydrogen-bond acceptors (Lipinski definition) is 6. The van der Waals surface area contributed by atoms with Crippen LogP contribution in [0.1, 0.15) is 23.9 Å². The molecule has 0 radical (unpaired) electrons. The summed E-state index contributed by atoms with van der Waals surface area (Å²) < 4.78 is 28.2. The second kappa shape index (κ2) is 6.52. The topological polar surface area (TPSA) is 82.9 Å². The molecule has 1 fully saturated rings. The van der Waals surface area contributed by atoms with Gasteiger partial charge in [0.1, 0.15) is 10.8 Å². The van der Waals surface area contributed by atoms with Crippen molar-refractivity contribution in [2.24, 2.45) is 4.40 Å². The Morgan fingerprint density at radius 2 is 2.04 bits per heavy atom. The molecule has 28 heavy (non-hydrogen) atoms. The summed E-state index contributed by atoms with van der Waals surface area (Å²) in [5.74, 6) is 0.276. The van der Waals surface area contributed by atoms with Gasteiger partial charge in [0, 0.05) is 19.3 Å². The molecule has 5 rings (SSSR count). The van der Waals surface area contributed by atoms with E-state index < -0.39 is 10.0 Å². The largest absolute Gasteiger partial charge is 0.330 e. The van der Waals surface area contributed by atoms with E-state index in [0.717, 1.165) is 28.1 Å². The zero-order chi connectivity index (χ0) is 19.3. The highest BCUT2D eigenvalue weighted by Crippen LogP contribution is 2.37. The lowest BCUT2D eigenvalue weighted by molar-refractivity contribution is -0.127. The zero-order valence-electron chi connectivity index (χ0n) is 15.0. The number of thiazole rings is 1. The maximum Gasteiger partial charge on any atom is 0.256 e. The molecule has 1 aromatic heterocycles. The van der Waals surface area contributed by atoms with E-state index in [1.54, 1.807) is 34.6 Å². The molecule has 1 amide bonds. The molecule has 1 saturated heterocycles. The number of amides is 1. The third-order valence-electron chi connectivity index (χ3n) is 5.18. The first-order valence-corrected chi connectivity index (χ1v) is 11.6. The Balaban J connectivity index is 1.42. The lowest BCUT2D eigenvalue weighted by Crippen LogP contribution is -2.39. The van der Waals surface area contributed by atoms with Gasteiger partial charge in [-0.1, -0.05) is 12.1 Å². The monoisotopic (exact) mass is 414 g/mol. The number of aromatic nitrogens is 1. The Kier molecular flexibility index (Phi) is 4.09. The number of likely N-dealkylation sites (tertiary alicyclic amines) is 1. The van der Waals surface area contributed by atoms with E-state index in [1.807, 2.05) is 23.1 Å². The van der Waals surface area contributed by atoms with Crippen LogP contribution in [0.15, 0.2) is 52.6 Å². The van der Waals surface area contributed by atoms with Crippen molar-refractivity contribution in [3.63, 3.8) is 0 Å². The van der Waals surface area contributed by atoms with Crippen molar-refractivity contribution in [1.29, 1.82) is 0 Å². The Morgan fingerprint density at radius 1 is 1.18 bits per heavy atom. The number of amidine groups is 1. The van der Waals surface area contributed by atoms with Crippen molar-refractivity contribution in [1.82, 2.24) is 14.8 Å². The van der Waals surface area contributed by atoms with Gasteiger partial charge in [-0.15, -0.1) is 15.7 Å². The van der Waals surface area contributed by atoms with Crippen molar-refractivity contribution in [2.75, 3.05) is 18.8 Å². The predicted molar refractivity (Wildman–Crippen MR) is 108 cm³/mol. The van der Waals surface area contributed by atoms with Gasteiger partial charge in [0.2, 0.25) is 0 Å². The zero-order valence-corrected chi connectivity index (χ0v) is 16.6. The fourth-order valence-corrected chi connectivity index (χ4v) is 5.88. The van der Waals surface area contributed by atoms with Crippen molar-refractivity contribution >= 4 is 43.3 Å². The number of rotatable bonds is 2. The third kappa shape index (κ3) is 3.04. The van der Waals surface area contributed by atoms with E-state index in [1.165, 1.54) is 0 Å². The quantitative estimate of drug-likeness (QED) is 0.754. The standard InChI is InChI=1S/C19H18N4O3S2/c24-19(13-7-8-17-21-28(25,26)11-10-22(17)12-13)23-9-3-5-15(23)18-20-14-4-1-2-6-16(14)27-18/h1-2,4,6-8,12,15H,3,5,9-11H2/t15-/m0/s1. The highest BCUT2D eigenvalue weighted by molar-refractivity contribution is 7.90. The van der Waals surface area contributed by atoms with Gasteiger partial charge in [-0.05, 0) is 37.1 Å². The van der Waals surface area contributed by atoms with Crippen molar-refractivity contribution < 1.29 is 13.2 Å².